The number of fused-ring (bicyclic) bond motifs is 1. The lowest BCUT2D eigenvalue weighted by molar-refractivity contribution is 0.101. The second kappa shape index (κ2) is 6.94. The number of thioether (sulfide) groups is 1. The molecule has 0 aromatic heterocycles. The highest BCUT2D eigenvalue weighted by molar-refractivity contribution is 8.00. The Morgan fingerprint density at radius 3 is 3.05 bits per heavy atom. The van der Waals surface area contributed by atoms with E-state index >= 15 is 0 Å². The van der Waals surface area contributed by atoms with E-state index in [1.165, 1.54) is 36.1 Å². The number of nitrogens with two attached hydrogens (primary N) is 1. The molecule has 20 heavy (non-hydrogen) atoms. The van der Waals surface area contributed by atoms with Crippen LogP contribution in [0, 0.1) is 0 Å². The predicted molar refractivity (Wildman–Crippen MR) is 83.7 cm³/mol. The molecule has 3 rings (SSSR count). The molecule has 3 atom stereocenters. The van der Waals surface area contributed by atoms with Crippen molar-refractivity contribution < 1.29 is 4.74 Å². The average Bonchev–Trinajstić information content (AvgIpc) is 3.12. The highest BCUT2D eigenvalue weighted by Gasteiger charge is 2.28. The van der Waals surface area contributed by atoms with Crippen LogP contribution in [0.2, 0.25) is 0 Å². The molecule has 0 saturated carbocycles. The van der Waals surface area contributed by atoms with Gasteiger partial charge in [0.2, 0.25) is 0 Å². The van der Waals surface area contributed by atoms with Gasteiger partial charge >= 0.3 is 0 Å². The highest BCUT2D eigenvalue weighted by Crippen LogP contribution is 2.39. The maximum absolute atomic E-state index is 5.79. The largest absolute Gasteiger partial charge is 0.378 e. The number of hydrogen-bond acceptors (Lipinski definition) is 4. The average molecular weight is 292 g/mol. The van der Waals surface area contributed by atoms with Gasteiger partial charge in [0.25, 0.3) is 0 Å². The van der Waals surface area contributed by atoms with Gasteiger partial charge < -0.3 is 4.74 Å². The number of rotatable bonds is 6. The Balaban J connectivity index is 1.48. The van der Waals surface area contributed by atoms with Crippen LogP contribution in [0.25, 0.3) is 0 Å². The lowest BCUT2D eigenvalue weighted by atomic mass is 9.99. The minimum absolute atomic E-state index is 0.397. The van der Waals surface area contributed by atoms with E-state index in [2.05, 4.69) is 29.7 Å². The van der Waals surface area contributed by atoms with Gasteiger partial charge in [-0.25, -0.2) is 0 Å². The molecule has 3 N–H and O–H groups in total. The summed E-state index contributed by atoms with van der Waals surface area (Å²) in [7, 11) is 0. The van der Waals surface area contributed by atoms with Crippen molar-refractivity contribution in [2.75, 3.05) is 6.61 Å². The van der Waals surface area contributed by atoms with Crippen LogP contribution in [0.3, 0.4) is 0 Å². The van der Waals surface area contributed by atoms with Gasteiger partial charge in [0.15, 0.2) is 0 Å². The lowest BCUT2D eigenvalue weighted by Crippen LogP contribution is -2.42. The van der Waals surface area contributed by atoms with Crippen LogP contribution in [-0.4, -0.2) is 24.0 Å². The Morgan fingerprint density at radius 1 is 1.40 bits per heavy atom. The maximum Gasteiger partial charge on any atom is 0.0576 e. The SMILES string of the molecule is NNC(CCCC1CCCO1)C1Cc2ccccc2S1. The molecule has 1 saturated heterocycles. The fourth-order valence-corrected chi connectivity index (χ4v) is 4.68. The Labute approximate surface area is 125 Å². The molecule has 0 spiro atoms. The minimum atomic E-state index is 0.397. The van der Waals surface area contributed by atoms with Crippen molar-refractivity contribution in [3.8, 4) is 0 Å². The van der Waals surface area contributed by atoms with Gasteiger partial charge in [-0.3, -0.25) is 11.3 Å². The zero-order valence-corrected chi connectivity index (χ0v) is 12.7. The molecule has 3 unspecified atom stereocenters. The first-order chi connectivity index (χ1) is 9.86. The molecule has 1 fully saturated rings. The molecule has 4 heteroatoms. The molecule has 2 aliphatic rings. The van der Waals surface area contributed by atoms with E-state index in [-0.39, 0.29) is 0 Å². The van der Waals surface area contributed by atoms with Crippen LogP contribution in [0.5, 0.6) is 0 Å². The quantitative estimate of drug-likeness (QED) is 0.625. The Bertz CT molecular complexity index is 409. The molecule has 1 aromatic rings. The number of hydrogen-bond donors (Lipinski definition) is 2. The van der Waals surface area contributed by atoms with Crippen molar-refractivity contribution in [2.45, 2.75) is 60.8 Å². The Morgan fingerprint density at radius 2 is 2.30 bits per heavy atom. The third-order valence-electron chi connectivity index (χ3n) is 4.40. The molecule has 0 aliphatic carbocycles. The normalized spacial score (nSPS) is 26.6. The third-order valence-corrected chi connectivity index (χ3v) is 5.85. The summed E-state index contributed by atoms with van der Waals surface area (Å²) in [6.45, 7) is 0.955. The van der Waals surface area contributed by atoms with Crippen LogP contribution in [-0.2, 0) is 11.2 Å². The van der Waals surface area contributed by atoms with Crippen LogP contribution < -0.4 is 11.3 Å². The van der Waals surface area contributed by atoms with E-state index in [0.29, 0.717) is 17.4 Å². The van der Waals surface area contributed by atoms with Gasteiger partial charge in [-0.1, -0.05) is 18.2 Å². The van der Waals surface area contributed by atoms with E-state index in [1.807, 2.05) is 11.8 Å². The van der Waals surface area contributed by atoms with Gasteiger partial charge in [0, 0.05) is 22.8 Å². The van der Waals surface area contributed by atoms with Crippen molar-refractivity contribution in [3.05, 3.63) is 29.8 Å². The summed E-state index contributed by atoms with van der Waals surface area (Å²) < 4.78 is 5.69. The minimum Gasteiger partial charge on any atom is -0.378 e. The molecule has 3 nitrogen and oxygen atoms in total. The Kier molecular flexibility index (Phi) is 4.99. The van der Waals surface area contributed by atoms with Gasteiger partial charge in [-0.05, 0) is 50.2 Å². The zero-order chi connectivity index (χ0) is 13.8. The Hall–Kier alpha value is -0.550. The summed E-state index contributed by atoms with van der Waals surface area (Å²) in [5.41, 5.74) is 4.52. The van der Waals surface area contributed by atoms with Crippen LogP contribution in [0.4, 0.5) is 0 Å². The van der Waals surface area contributed by atoms with Crippen LogP contribution >= 0.6 is 11.8 Å². The highest BCUT2D eigenvalue weighted by atomic mass is 32.2. The monoisotopic (exact) mass is 292 g/mol. The van der Waals surface area contributed by atoms with Crippen molar-refractivity contribution in [3.63, 3.8) is 0 Å². The molecule has 1 aromatic carbocycles. The first kappa shape index (κ1) is 14.4. The zero-order valence-electron chi connectivity index (χ0n) is 11.9. The summed E-state index contributed by atoms with van der Waals surface area (Å²) in [5.74, 6) is 5.79. The topological polar surface area (TPSA) is 47.3 Å². The molecule has 0 amide bonds. The summed E-state index contributed by atoms with van der Waals surface area (Å²) in [5, 5.41) is 0.571. The summed E-state index contributed by atoms with van der Waals surface area (Å²) >= 11 is 1.98. The number of hydrazine groups is 1. The van der Waals surface area contributed by atoms with E-state index in [4.69, 9.17) is 10.6 Å². The second-order valence-electron chi connectivity index (χ2n) is 5.81. The van der Waals surface area contributed by atoms with Crippen molar-refractivity contribution in [1.82, 2.24) is 5.43 Å². The molecular formula is C16H24N2OS. The molecular weight excluding hydrogens is 268 g/mol. The fraction of sp³-hybridized carbons (Fsp3) is 0.625. The first-order valence-corrected chi connectivity index (χ1v) is 8.57. The van der Waals surface area contributed by atoms with Crippen molar-refractivity contribution in [1.29, 1.82) is 0 Å². The number of ether oxygens (including phenoxy) is 1. The molecule has 0 radical (unpaired) electrons. The molecule has 110 valence electrons. The molecule has 2 heterocycles. The van der Waals surface area contributed by atoms with E-state index < -0.39 is 0 Å². The number of benzene rings is 1. The van der Waals surface area contributed by atoms with E-state index in [9.17, 15) is 0 Å². The van der Waals surface area contributed by atoms with Gasteiger partial charge in [-0.15, -0.1) is 11.8 Å². The van der Waals surface area contributed by atoms with Crippen LogP contribution in [0.1, 0.15) is 37.7 Å². The third kappa shape index (κ3) is 3.37. The lowest BCUT2D eigenvalue weighted by Gasteiger charge is -2.22. The van der Waals surface area contributed by atoms with Crippen LogP contribution in [0.15, 0.2) is 29.2 Å². The fourth-order valence-electron chi connectivity index (χ4n) is 3.25. The summed E-state index contributed by atoms with van der Waals surface area (Å²) in [4.78, 5) is 1.43. The van der Waals surface area contributed by atoms with E-state index in [0.717, 1.165) is 19.4 Å². The molecule has 0 bridgehead atoms. The summed E-state index contributed by atoms with van der Waals surface area (Å²) in [6.07, 6.45) is 7.64. The number of nitrogens with one attached hydrogen (secondary N) is 1. The van der Waals surface area contributed by atoms with Gasteiger partial charge in [0.1, 0.15) is 0 Å². The van der Waals surface area contributed by atoms with E-state index in [1.54, 1.807) is 0 Å². The predicted octanol–water partition coefficient (Wildman–Crippen LogP) is 2.88. The summed E-state index contributed by atoms with van der Waals surface area (Å²) in [6, 6.07) is 9.11. The molecule has 2 aliphatic heterocycles. The second-order valence-corrected chi connectivity index (χ2v) is 7.09. The smallest absolute Gasteiger partial charge is 0.0576 e. The van der Waals surface area contributed by atoms with Gasteiger partial charge in [-0.2, -0.15) is 0 Å². The van der Waals surface area contributed by atoms with Gasteiger partial charge in [0.05, 0.1) is 6.10 Å². The van der Waals surface area contributed by atoms with Crippen molar-refractivity contribution in [2.24, 2.45) is 5.84 Å². The maximum atomic E-state index is 5.79. The first-order valence-electron chi connectivity index (χ1n) is 7.69. The van der Waals surface area contributed by atoms with Crippen molar-refractivity contribution >= 4 is 11.8 Å². The standard InChI is InChI=1S/C16H24N2OS/c17-18-14(8-3-6-13-7-4-10-19-13)16-11-12-5-1-2-9-15(12)20-16/h1-2,5,9,13-14,16,18H,3-4,6-8,10-11,17H2.